The Morgan fingerprint density at radius 3 is 2.87 bits per heavy atom. The Kier molecular flexibility index (Phi) is 7.60. The summed E-state index contributed by atoms with van der Waals surface area (Å²) in [4.78, 5) is 9.23. The summed E-state index contributed by atoms with van der Waals surface area (Å²) in [6, 6.07) is 5.23. The zero-order valence-corrected chi connectivity index (χ0v) is 20.6. The fraction of sp³-hybridized carbons (Fsp3) is 0.571. The van der Waals surface area contributed by atoms with E-state index in [4.69, 9.17) is 11.6 Å². The maximum atomic E-state index is 14.2. The van der Waals surface area contributed by atoms with Crippen LogP contribution in [0.5, 0.6) is 0 Å². The van der Waals surface area contributed by atoms with Crippen molar-refractivity contribution in [3.8, 4) is 0 Å². The van der Waals surface area contributed by atoms with Crippen molar-refractivity contribution in [1.29, 1.82) is 0 Å². The van der Waals surface area contributed by atoms with Crippen LogP contribution in [0.2, 0.25) is 5.02 Å². The molecule has 30 heavy (non-hydrogen) atoms. The number of rotatable bonds is 5. The van der Waals surface area contributed by atoms with Gasteiger partial charge < -0.3 is 10.6 Å². The van der Waals surface area contributed by atoms with Crippen molar-refractivity contribution in [3.05, 3.63) is 46.3 Å². The van der Waals surface area contributed by atoms with Gasteiger partial charge in [-0.05, 0) is 31.9 Å². The summed E-state index contributed by atoms with van der Waals surface area (Å²) in [5.41, 5.74) is 0.605. The number of hydrogen-bond donors (Lipinski definition) is 2. The smallest absolute Gasteiger partial charge is 0.191 e. The largest absolute Gasteiger partial charge is 0.353 e. The molecule has 1 fully saturated rings. The van der Waals surface area contributed by atoms with Gasteiger partial charge in [-0.3, -0.25) is 4.99 Å². The van der Waals surface area contributed by atoms with Crippen molar-refractivity contribution in [1.82, 2.24) is 25.4 Å². The number of fused-ring (bicyclic) bond motifs is 1. The van der Waals surface area contributed by atoms with Gasteiger partial charge in [0.15, 0.2) is 11.8 Å². The van der Waals surface area contributed by atoms with Crippen molar-refractivity contribution in [2.75, 3.05) is 6.54 Å². The standard InChI is InChI=1S/C21H28ClFN6.HI/c1-4-24-21(26-17-10-14(17)19-15(22)6-5-7-16(19)23)25-13-8-9-18-27-20(12(2)3)28-29(18)11-13;/h5-7,12-14,17H,4,8-11H2,1-3H3,(H2,24,25,26);1H. The first-order valence-corrected chi connectivity index (χ1v) is 10.8. The minimum atomic E-state index is -0.235. The molecule has 6 nitrogen and oxygen atoms in total. The lowest BCUT2D eigenvalue weighted by Crippen LogP contribution is -2.48. The summed E-state index contributed by atoms with van der Waals surface area (Å²) < 4.78 is 16.2. The quantitative estimate of drug-likeness (QED) is 0.335. The normalized spacial score (nSPS) is 23.0. The van der Waals surface area contributed by atoms with Crippen LogP contribution in [0.1, 0.15) is 62.7 Å². The fourth-order valence-electron chi connectivity index (χ4n) is 3.89. The third kappa shape index (κ3) is 5.07. The van der Waals surface area contributed by atoms with Gasteiger partial charge in [0.25, 0.3) is 0 Å². The minimum absolute atomic E-state index is 0. The molecule has 164 valence electrons. The molecule has 0 spiro atoms. The third-order valence-corrected chi connectivity index (χ3v) is 5.86. The molecule has 1 aromatic carbocycles. The summed E-state index contributed by atoms with van der Waals surface area (Å²) in [6.07, 6.45) is 2.72. The Hall–Kier alpha value is -1.42. The van der Waals surface area contributed by atoms with E-state index in [2.05, 4.69) is 39.6 Å². The zero-order valence-electron chi connectivity index (χ0n) is 17.5. The number of aryl methyl sites for hydroxylation is 1. The maximum Gasteiger partial charge on any atom is 0.191 e. The number of halogens is 3. The number of aromatic nitrogens is 3. The second kappa shape index (κ2) is 9.80. The number of benzene rings is 1. The highest BCUT2D eigenvalue weighted by Crippen LogP contribution is 2.44. The van der Waals surface area contributed by atoms with Gasteiger partial charge in [0.05, 0.1) is 6.54 Å². The van der Waals surface area contributed by atoms with Gasteiger partial charge in [0.2, 0.25) is 0 Å². The molecular formula is C21H29ClFIN6. The second-order valence-electron chi connectivity index (χ2n) is 8.15. The van der Waals surface area contributed by atoms with E-state index in [0.29, 0.717) is 23.0 Å². The van der Waals surface area contributed by atoms with Crippen molar-refractivity contribution < 1.29 is 4.39 Å². The number of aliphatic imine (C=N–C) groups is 1. The summed E-state index contributed by atoms with van der Waals surface area (Å²) in [5.74, 6) is 2.91. The predicted octanol–water partition coefficient (Wildman–Crippen LogP) is 4.24. The molecule has 0 radical (unpaired) electrons. The third-order valence-electron chi connectivity index (χ3n) is 5.53. The van der Waals surface area contributed by atoms with Crippen molar-refractivity contribution in [2.24, 2.45) is 4.99 Å². The Balaban J connectivity index is 0.00000256. The highest BCUT2D eigenvalue weighted by molar-refractivity contribution is 14.0. The van der Waals surface area contributed by atoms with Crippen LogP contribution in [-0.2, 0) is 13.0 Å². The summed E-state index contributed by atoms with van der Waals surface area (Å²) in [6.45, 7) is 7.67. The molecule has 0 bridgehead atoms. The molecule has 1 aliphatic carbocycles. The van der Waals surface area contributed by atoms with Crippen LogP contribution in [-0.4, -0.2) is 39.4 Å². The van der Waals surface area contributed by atoms with Crippen LogP contribution < -0.4 is 10.6 Å². The van der Waals surface area contributed by atoms with E-state index in [1.807, 2.05) is 11.6 Å². The van der Waals surface area contributed by atoms with Crippen LogP contribution in [0.3, 0.4) is 0 Å². The molecular weight excluding hydrogens is 518 g/mol. The van der Waals surface area contributed by atoms with Crippen LogP contribution >= 0.6 is 35.6 Å². The molecule has 1 saturated carbocycles. The summed E-state index contributed by atoms with van der Waals surface area (Å²) >= 11 is 6.23. The highest BCUT2D eigenvalue weighted by Gasteiger charge is 2.42. The number of guanidine groups is 1. The number of nitrogens with zero attached hydrogens (tertiary/aromatic N) is 4. The van der Waals surface area contributed by atoms with Crippen LogP contribution in [0.15, 0.2) is 23.2 Å². The average molecular weight is 547 g/mol. The molecule has 2 heterocycles. The lowest BCUT2D eigenvalue weighted by atomic mass is 10.1. The van der Waals surface area contributed by atoms with Gasteiger partial charge in [0, 0.05) is 47.5 Å². The SMILES string of the molecule is CCN=C(NC1CCc2nc(C(C)C)nn2C1)NC1CC1c1c(F)cccc1Cl.I. The van der Waals surface area contributed by atoms with Crippen LogP contribution in [0.25, 0.3) is 0 Å². The van der Waals surface area contributed by atoms with Gasteiger partial charge in [-0.1, -0.05) is 31.5 Å². The number of nitrogens with one attached hydrogen (secondary N) is 2. The first-order valence-electron chi connectivity index (χ1n) is 10.4. The van der Waals surface area contributed by atoms with Crippen molar-refractivity contribution in [3.63, 3.8) is 0 Å². The Morgan fingerprint density at radius 1 is 1.37 bits per heavy atom. The average Bonchev–Trinajstić information content (AvgIpc) is 3.26. The maximum absolute atomic E-state index is 14.2. The monoisotopic (exact) mass is 546 g/mol. The number of hydrogen-bond acceptors (Lipinski definition) is 3. The van der Waals surface area contributed by atoms with Crippen molar-refractivity contribution in [2.45, 2.75) is 70.5 Å². The molecule has 2 N–H and O–H groups in total. The first-order chi connectivity index (χ1) is 14.0. The van der Waals surface area contributed by atoms with E-state index in [0.717, 1.165) is 43.4 Å². The lowest BCUT2D eigenvalue weighted by molar-refractivity contribution is 0.391. The molecule has 2 aromatic rings. The van der Waals surface area contributed by atoms with Gasteiger partial charge in [-0.2, -0.15) is 5.10 Å². The van der Waals surface area contributed by atoms with E-state index < -0.39 is 0 Å². The van der Waals surface area contributed by atoms with Crippen LogP contribution in [0, 0.1) is 5.82 Å². The Bertz CT molecular complexity index is 895. The zero-order chi connectivity index (χ0) is 20.5. The molecule has 2 aliphatic rings. The molecule has 3 atom stereocenters. The molecule has 1 aromatic heterocycles. The highest BCUT2D eigenvalue weighted by atomic mass is 127. The van der Waals surface area contributed by atoms with Gasteiger partial charge >= 0.3 is 0 Å². The van der Waals surface area contributed by atoms with E-state index in [1.54, 1.807) is 12.1 Å². The van der Waals surface area contributed by atoms with E-state index in [-0.39, 0.29) is 47.8 Å². The van der Waals surface area contributed by atoms with Gasteiger partial charge in [-0.15, -0.1) is 24.0 Å². The van der Waals surface area contributed by atoms with E-state index in [1.165, 1.54) is 6.07 Å². The van der Waals surface area contributed by atoms with E-state index in [9.17, 15) is 4.39 Å². The predicted molar refractivity (Wildman–Crippen MR) is 128 cm³/mol. The minimum Gasteiger partial charge on any atom is -0.353 e. The Morgan fingerprint density at radius 2 is 2.17 bits per heavy atom. The van der Waals surface area contributed by atoms with E-state index >= 15 is 0 Å². The van der Waals surface area contributed by atoms with Gasteiger partial charge in [-0.25, -0.2) is 14.1 Å². The molecule has 9 heteroatoms. The fourth-order valence-corrected chi connectivity index (χ4v) is 4.19. The van der Waals surface area contributed by atoms with Crippen LogP contribution in [0.4, 0.5) is 4.39 Å². The molecule has 1 aliphatic heterocycles. The molecule has 0 amide bonds. The van der Waals surface area contributed by atoms with Crippen molar-refractivity contribution >= 4 is 41.5 Å². The Labute approximate surface area is 199 Å². The lowest BCUT2D eigenvalue weighted by Gasteiger charge is -2.25. The first kappa shape index (κ1) is 23.2. The second-order valence-corrected chi connectivity index (χ2v) is 8.56. The summed E-state index contributed by atoms with van der Waals surface area (Å²) in [7, 11) is 0. The summed E-state index contributed by atoms with van der Waals surface area (Å²) in [5, 5.41) is 12.1. The van der Waals surface area contributed by atoms with Gasteiger partial charge in [0.1, 0.15) is 11.6 Å². The topological polar surface area (TPSA) is 67.1 Å². The molecule has 4 rings (SSSR count). The molecule has 0 saturated heterocycles. The molecule has 3 unspecified atom stereocenters.